The van der Waals surface area contributed by atoms with Crippen molar-refractivity contribution in [2.45, 2.75) is 87.3 Å². The topological polar surface area (TPSA) is 193 Å². The molecule has 2 aliphatic carbocycles. The summed E-state index contributed by atoms with van der Waals surface area (Å²) in [5.74, 6) is -2.47. The summed E-state index contributed by atoms with van der Waals surface area (Å²) >= 11 is 0. The first kappa shape index (κ1) is 36.3. The van der Waals surface area contributed by atoms with Gasteiger partial charge in [0.2, 0.25) is 27.7 Å². The molecule has 2 saturated carbocycles. The molecule has 3 fully saturated rings. The molecule has 0 spiro atoms. The number of carbonyl (C=O) groups is 4. The van der Waals surface area contributed by atoms with E-state index in [4.69, 9.17) is 9.47 Å². The molecule has 2 aliphatic heterocycles. The number of carboxylic acid groups (broad SMARTS) is 1. The third-order valence-electron chi connectivity index (χ3n) is 10.8. The molecule has 0 bridgehead atoms. The highest BCUT2D eigenvalue weighted by Crippen LogP contribution is 2.48. The Balaban J connectivity index is 1.34. The second kappa shape index (κ2) is 13.9. The molecule has 0 radical (unpaired) electrons. The number of carbonyl (C=O) groups excluding carboxylic acids is 3. The van der Waals surface area contributed by atoms with Gasteiger partial charge in [0, 0.05) is 23.1 Å². The fraction of sp³-hybridized carbons (Fsp3) is 0.571. The van der Waals surface area contributed by atoms with E-state index in [9.17, 15) is 37.1 Å². The Morgan fingerprint density at radius 3 is 2.55 bits per heavy atom. The Kier molecular flexibility index (Phi) is 9.92. The predicted octanol–water partition coefficient (Wildman–Crippen LogP) is 3.06. The molecule has 16 heteroatoms. The van der Waals surface area contributed by atoms with E-state index in [-0.39, 0.29) is 44.0 Å². The maximum Gasteiger partial charge on any atom is 0.405 e. The highest BCUT2D eigenvalue weighted by molar-refractivity contribution is 7.91. The van der Waals surface area contributed by atoms with E-state index in [0.717, 1.165) is 5.39 Å². The van der Waals surface area contributed by atoms with Crippen molar-refractivity contribution in [1.29, 1.82) is 0 Å². The van der Waals surface area contributed by atoms with Gasteiger partial charge in [-0.3, -0.25) is 19.1 Å². The molecule has 276 valence electrons. The van der Waals surface area contributed by atoms with Crippen LogP contribution in [0.3, 0.4) is 0 Å². The first-order valence-electron chi connectivity index (χ1n) is 17.2. The number of nitrogens with one attached hydrogen (secondary N) is 3. The largest absolute Gasteiger partial charge is 0.494 e. The number of pyridine rings is 1. The maximum atomic E-state index is 14.3. The zero-order valence-corrected chi connectivity index (χ0v) is 29.6. The van der Waals surface area contributed by atoms with Gasteiger partial charge in [-0.05, 0) is 56.4 Å². The number of hydrogen-bond donors (Lipinski definition) is 4. The number of hydrogen-bond acceptors (Lipinski definition) is 9. The molecule has 1 aromatic carbocycles. The van der Waals surface area contributed by atoms with E-state index < -0.39 is 80.8 Å². The average Bonchev–Trinajstić information content (AvgIpc) is 4.00. The number of aromatic nitrogens is 1. The normalized spacial score (nSPS) is 31.2. The Morgan fingerprint density at radius 2 is 1.88 bits per heavy atom. The van der Waals surface area contributed by atoms with Crippen molar-refractivity contribution in [3.8, 4) is 11.6 Å². The summed E-state index contributed by atoms with van der Waals surface area (Å²) in [6.45, 7) is 2.55. The molecule has 4 amide bonds. The maximum absolute atomic E-state index is 14.3. The van der Waals surface area contributed by atoms with Gasteiger partial charge < -0.3 is 30.1 Å². The predicted molar refractivity (Wildman–Crippen MR) is 183 cm³/mol. The van der Waals surface area contributed by atoms with Crippen LogP contribution in [0.2, 0.25) is 0 Å². The highest BCUT2D eigenvalue weighted by atomic mass is 32.2. The van der Waals surface area contributed by atoms with E-state index in [0.29, 0.717) is 30.4 Å². The number of halogens is 1. The van der Waals surface area contributed by atoms with Gasteiger partial charge in [-0.2, -0.15) is 0 Å². The minimum atomic E-state index is -4.38. The number of benzene rings is 1. The Hall–Kier alpha value is -4.47. The number of methoxy groups -OCH3 is 1. The van der Waals surface area contributed by atoms with Gasteiger partial charge >= 0.3 is 6.09 Å². The third kappa shape index (κ3) is 7.06. The molecule has 2 aromatic rings. The number of fused-ring (bicyclic) bond motifs is 3. The van der Waals surface area contributed by atoms with Gasteiger partial charge in [-0.1, -0.05) is 44.2 Å². The van der Waals surface area contributed by atoms with Crippen LogP contribution in [0.15, 0.2) is 42.6 Å². The zero-order valence-electron chi connectivity index (χ0n) is 28.8. The molecule has 1 saturated heterocycles. The summed E-state index contributed by atoms with van der Waals surface area (Å²) < 4.78 is 52.1. The molecule has 14 nitrogen and oxygen atoms in total. The smallest absolute Gasteiger partial charge is 0.405 e. The minimum Gasteiger partial charge on any atom is -0.494 e. The standard InChI is InChI=1S/C35H44FN5O9S/c1-20-8-4-5-9-22-16-35(22,32(44)40-51(47,48)34(19-36)12-13-34)39-29(42)26-15-23(18-41(26)31(43)28(21(2)14-20)38-33(45)46)50-30-25-11-7-6-10-24(25)27(49-3)17-37-30/h5-7,9-11,17,20-23,26,28,38H,4,8,12-16,18-19H2,1-3H3,(H,39,42)(H,40,44)(H,45,46)/b9-5-/t20-,21+,22?,23+,26-,28-,35?/m0/s1. The number of alkyl halides is 1. The van der Waals surface area contributed by atoms with Crippen LogP contribution >= 0.6 is 0 Å². The van der Waals surface area contributed by atoms with Crippen molar-refractivity contribution in [1.82, 2.24) is 25.2 Å². The molecular formula is C35H44FN5O9S. The number of allylic oxidation sites excluding steroid dienone is 1. The number of rotatable bonds is 8. The second-order valence-corrected chi connectivity index (χ2v) is 16.5. The van der Waals surface area contributed by atoms with E-state index in [2.05, 4.69) is 20.3 Å². The first-order chi connectivity index (χ1) is 24.2. The highest BCUT2D eigenvalue weighted by Gasteiger charge is 2.64. The lowest BCUT2D eigenvalue weighted by atomic mass is 9.88. The summed E-state index contributed by atoms with van der Waals surface area (Å²) in [6, 6.07) is 4.88. The van der Waals surface area contributed by atoms with Crippen LogP contribution in [-0.2, 0) is 24.4 Å². The number of amides is 4. The number of nitrogens with zero attached hydrogens (tertiary/aromatic N) is 2. The Morgan fingerprint density at radius 1 is 1.16 bits per heavy atom. The van der Waals surface area contributed by atoms with E-state index >= 15 is 0 Å². The summed E-state index contributed by atoms with van der Waals surface area (Å²) in [7, 11) is -2.86. The van der Waals surface area contributed by atoms with Gasteiger partial charge in [-0.15, -0.1) is 0 Å². The van der Waals surface area contributed by atoms with Gasteiger partial charge in [0.25, 0.3) is 5.91 Å². The lowest BCUT2D eigenvalue weighted by Crippen LogP contribution is -2.59. The van der Waals surface area contributed by atoms with Crippen LogP contribution in [0.25, 0.3) is 10.8 Å². The summed E-state index contributed by atoms with van der Waals surface area (Å²) in [6.07, 6.45) is 5.03. The summed E-state index contributed by atoms with van der Waals surface area (Å²) in [4.78, 5) is 60.0. The van der Waals surface area contributed by atoms with Crippen LogP contribution in [0.1, 0.15) is 58.8 Å². The van der Waals surface area contributed by atoms with Gasteiger partial charge in [0.15, 0.2) is 0 Å². The number of ether oxygens (including phenoxy) is 2. The third-order valence-corrected chi connectivity index (χ3v) is 12.9. The Bertz CT molecular complexity index is 1850. The van der Waals surface area contributed by atoms with Crippen molar-refractivity contribution in [2.24, 2.45) is 17.8 Å². The van der Waals surface area contributed by atoms with Crippen LogP contribution in [0.5, 0.6) is 11.6 Å². The molecule has 6 rings (SSSR count). The van der Waals surface area contributed by atoms with Crippen LogP contribution in [0.4, 0.5) is 9.18 Å². The van der Waals surface area contributed by atoms with Crippen molar-refractivity contribution in [2.75, 3.05) is 20.3 Å². The molecule has 4 N–H and O–H groups in total. The monoisotopic (exact) mass is 729 g/mol. The molecule has 2 unspecified atom stereocenters. The van der Waals surface area contributed by atoms with Crippen molar-refractivity contribution in [3.63, 3.8) is 0 Å². The van der Waals surface area contributed by atoms with E-state index in [1.807, 2.05) is 25.1 Å². The summed E-state index contributed by atoms with van der Waals surface area (Å²) in [5, 5.41) is 16.2. The van der Waals surface area contributed by atoms with Gasteiger partial charge in [-0.25, -0.2) is 22.6 Å². The Labute approximate surface area is 295 Å². The zero-order chi connectivity index (χ0) is 36.7. The molecule has 3 heterocycles. The van der Waals surface area contributed by atoms with Crippen LogP contribution < -0.4 is 24.8 Å². The van der Waals surface area contributed by atoms with Crippen molar-refractivity contribution in [3.05, 3.63) is 42.6 Å². The van der Waals surface area contributed by atoms with E-state index in [1.54, 1.807) is 25.1 Å². The lowest BCUT2D eigenvalue weighted by molar-refractivity contribution is -0.142. The quantitative estimate of drug-likeness (QED) is 0.294. The van der Waals surface area contributed by atoms with Crippen molar-refractivity contribution >= 4 is 44.6 Å². The van der Waals surface area contributed by atoms with Crippen molar-refractivity contribution < 1.29 is 46.6 Å². The minimum absolute atomic E-state index is 0.0361. The fourth-order valence-corrected chi connectivity index (χ4v) is 8.86. The molecule has 1 aromatic heterocycles. The molecular weight excluding hydrogens is 685 g/mol. The van der Waals surface area contributed by atoms with Crippen LogP contribution in [0, 0.1) is 17.8 Å². The molecule has 51 heavy (non-hydrogen) atoms. The van der Waals surface area contributed by atoms with E-state index in [1.165, 1.54) is 18.2 Å². The summed E-state index contributed by atoms with van der Waals surface area (Å²) in [5.41, 5.74) is -1.66. The second-order valence-electron chi connectivity index (χ2n) is 14.4. The average molecular weight is 730 g/mol. The fourth-order valence-electron chi connectivity index (χ4n) is 7.44. The first-order valence-corrected chi connectivity index (χ1v) is 18.7. The lowest BCUT2D eigenvalue weighted by Gasteiger charge is -2.32. The molecule has 4 aliphatic rings. The van der Waals surface area contributed by atoms with Gasteiger partial charge in [0.1, 0.15) is 40.9 Å². The van der Waals surface area contributed by atoms with Crippen LogP contribution in [-0.4, -0.2) is 96.0 Å². The molecule has 7 atom stereocenters. The number of sulfonamides is 1. The SMILES string of the molecule is COc1cnc(O[C@@H]2C[C@H]3C(=O)NC4(C(=O)NS(=O)(=O)C5(CF)CC5)CC4/C=C\CC[C@H](C)C[C@@H](C)[C@H](NC(=O)O)C(=O)N3C2)c2ccccc12. The van der Waals surface area contributed by atoms with Gasteiger partial charge in [0.05, 0.1) is 19.9 Å².